The van der Waals surface area contributed by atoms with Gasteiger partial charge in [0.15, 0.2) is 0 Å². The number of urea groups is 1. The summed E-state index contributed by atoms with van der Waals surface area (Å²) < 4.78 is 0. The second-order valence-corrected chi connectivity index (χ2v) is 4.23. The Morgan fingerprint density at radius 3 is 2.94 bits per heavy atom. The third kappa shape index (κ3) is 2.93. The standard InChI is InChI=1S/C9H14N6O3/c1-14-12-8(11-13-14)10-9(18)15-3-2-6(5-15)4-7(16)17/h6H,2-5H2,1H3,(H,16,17)(H,10,12,18). The van der Waals surface area contributed by atoms with Gasteiger partial charge in [-0.25, -0.2) is 4.79 Å². The Balaban J connectivity index is 1.85. The normalized spacial score (nSPS) is 18.9. The first-order chi connectivity index (χ1) is 8.54. The minimum absolute atomic E-state index is 0.0167. The van der Waals surface area contributed by atoms with Gasteiger partial charge in [0, 0.05) is 19.5 Å². The molecule has 2 amide bonds. The highest BCUT2D eigenvalue weighted by Crippen LogP contribution is 2.19. The Morgan fingerprint density at radius 1 is 1.56 bits per heavy atom. The predicted molar refractivity (Wildman–Crippen MR) is 59.7 cm³/mol. The van der Waals surface area contributed by atoms with E-state index in [4.69, 9.17) is 5.11 Å². The quantitative estimate of drug-likeness (QED) is 0.754. The number of nitrogens with one attached hydrogen (secondary N) is 1. The second-order valence-electron chi connectivity index (χ2n) is 4.23. The van der Waals surface area contributed by atoms with Crippen molar-refractivity contribution < 1.29 is 14.7 Å². The van der Waals surface area contributed by atoms with Crippen molar-refractivity contribution in [1.82, 2.24) is 25.1 Å². The van der Waals surface area contributed by atoms with E-state index in [1.54, 1.807) is 11.9 Å². The van der Waals surface area contributed by atoms with E-state index in [0.29, 0.717) is 19.5 Å². The van der Waals surface area contributed by atoms with Gasteiger partial charge in [-0.1, -0.05) is 5.10 Å². The zero-order chi connectivity index (χ0) is 13.1. The van der Waals surface area contributed by atoms with E-state index in [9.17, 15) is 9.59 Å². The second kappa shape index (κ2) is 4.98. The topological polar surface area (TPSA) is 113 Å². The Labute approximate surface area is 103 Å². The van der Waals surface area contributed by atoms with Crippen molar-refractivity contribution in [1.29, 1.82) is 0 Å². The molecule has 98 valence electrons. The fourth-order valence-corrected chi connectivity index (χ4v) is 1.94. The molecule has 1 aromatic rings. The van der Waals surface area contributed by atoms with Gasteiger partial charge in [-0.3, -0.25) is 10.1 Å². The molecule has 1 aliphatic heterocycles. The first kappa shape index (κ1) is 12.3. The molecule has 1 atom stereocenters. The fraction of sp³-hybridized carbons (Fsp3) is 0.667. The largest absolute Gasteiger partial charge is 0.481 e. The average Bonchev–Trinajstić information content (AvgIpc) is 2.87. The van der Waals surface area contributed by atoms with Gasteiger partial charge < -0.3 is 10.0 Å². The number of amides is 2. The van der Waals surface area contributed by atoms with Crippen LogP contribution in [0.4, 0.5) is 10.7 Å². The van der Waals surface area contributed by atoms with E-state index in [1.165, 1.54) is 4.80 Å². The maximum Gasteiger partial charge on any atom is 0.324 e. The molecule has 0 radical (unpaired) electrons. The number of anilines is 1. The Bertz CT molecular complexity index is 459. The maximum atomic E-state index is 11.8. The lowest BCUT2D eigenvalue weighted by atomic mass is 10.1. The maximum absolute atomic E-state index is 11.8. The minimum Gasteiger partial charge on any atom is -0.481 e. The van der Waals surface area contributed by atoms with Crippen molar-refractivity contribution >= 4 is 17.9 Å². The SMILES string of the molecule is Cn1nnc(NC(=O)N2CCC(CC(=O)O)C2)n1. The van der Waals surface area contributed by atoms with Crippen molar-refractivity contribution in [2.45, 2.75) is 12.8 Å². The van der Waals surface area contributed by atoms with Crippen LogP contribution < -0.4 is 5.32 Å². The van der Waals surface area contributed by atoms with Gasteiger partial charge in [0.1, 0.15) is 0 Å². The smallest absolute Gasteiger partial charge is 0.324 e. The zero-order valence-corrected chi connectivity index (χ0v) is 9.91. The molecule has 0 saturated carbocycles. The van der Waals surface area contributed by atoms with Crippen LogP contribution in [0.25, 0.3) is 0 Å². The molecule has 1 aliphatic rings. The van der Waals surface area contributed by atoms with Crippen LogP contribution in [0.3, 0.4) is 0 Å². The molecule has 1 saturated heterocycles. The third-order valence-corrected chi connectivity index (χ3v) is 2.76. The Hall–Kier alpha value is -2.19. The molecule has 2 rings (SSSR count). The predicted octanol–water partition coefficient (Wildman–Crippen LogP) is -0.461. The lowest BCUT2D eigenvalue weighted by molar-refractivity contribution is -0.138. The number of aromatic nitrogens is 4. The average molecular weight is 254 g/mol. The summed E-state index contributed by atoms with van der Waals surface area (Å²) >= 11 is 0. The Kier molecular flexibility index (Phi) is 3.40. The van der Waals surface area contributed by atoms with Crippen molar-refractivity contribution in [3.05, 3.63) is 0 Å². The van der Waals surface area contributed by atoms with Gasteiger partial charge in [0.05, 0.1) is 7.05 Å². The molecular weight excluding hydrogens is 240 g/mol. The molecule has 2 heterocycles. The van der Waals surface area contributed by atoms with Crippen LogP contribution in [-0.4, -0.2) is 55.3 Å². The number of tetrazole rings is 1. The summed E-state index contributed by atoms with van der Waals surface area (Å²) in [5, 5.41) is 22.3. The lowest BCUT2D eigenvalue weighted by Gasteiger charge is -2.15. The molecule has 9 heteroatoms. The number of aryl methyl sites for hydroxylation is 1. The molecule has 1 fully saturated rings. The van der Waals surface area contributed by atoms with Crippen molar-refractivity contribution in [2.24, 2.45) is 13.0 Å². The molecule has 0 aliphatic carbocycles. The highest BCUT2D eigenvalue weighted by atomic mass is 16.4. The molecule has 9 nitrogen and oxygen atoms in total. The highest BCUT2D eigenvalue weighted by molar-refractivity contribution is 5.87. The number of carbonyl (C=O) groups excluding carboxylic acids is 1. The summed E-state index contributed by atoms with van der Waals surface area (Å²) in [7, 11) is 1.60. The molecule has 18 heavy (non-hydrogen) atoms. The number of carboxylic acid groups (broad SMARTS) is 1. The Morgan fingerprint density at radius 2 is 2.33 bits per heavy atom. The van der Waals surface area contributed by atoms with Crippen LogP contribution in [0.1, 0.15) is 12.8 Å². The molecule has 0 bridgehead atoms. The van der Waals surface area contributed by atoms with E-state index in [2.05, 4.69) is 20.7 Å². The summed E-state index contributed by atoms with van der Waals surface area (Å²) in [6, 6.07) is -0.323. The van der Waals surface area contributed by atoms with E-state index in [-0.39, 0.29) is 24.3 Å². The number of likely N-dealkylation sites (tertiary alicyclic amines) is 1. The summed E-state index contributed by atoms with van der Waals surface area (Å²) in [4.78, 5) is 25.2. The van der Waals surface area contributed by atoms with Crippen LogP contribution >= 0.6 is 0 Å². The van der Waals surface area contributed by atoms with Crippen LogP contribution in [0.15, 0.2) is 0 Å². The zero-order valence-electron chi connectivity index (χ0n) is 9.91. The third-order valence-electron chi connectivity index (χ3n) is 2.76. The van der Waals surface area contributed by atoms with E-state index >= 15 is 0 Å². The molecule has 0 spiro atoms. The van der Waals surface area contributed by atoms with Gasteiger partial charge in [-0.05, 0) is 17.6 Å². The van der Waals surface area contributed by atoms with E-state index in [1.807, 2.05) is 0 Å². The molecule has 1 aromatic heterocycles. The van der Waals surface area contributed by atoms with Crippen LogP contribution in [0, 0.1) is 5.92 Å². The first-order valence-corrected chi connectivity index (χ1v) is 5.56. The molecule has 0 aromatic carbocycles. The number of nitrogens with zero attached hydrogens (tertiary/aromatic N) is 5. The summed E-state index contributed by atoms with van der Waals surface area (Å²) in [5.74, 6) is -0.676. The van der Waals surface area contributed by atoms with Gasteiger partial charge in [0.25, 0.3) is 5.95 Å². The number of aliphatic carboxylic acids is 1. The molecule has 1 unspecified atom stereocenters. The minimum atomic E-state index is -0.835. The van der Waals surface area contributed by atoms with Crippen LogP contribution in [-0.2, 0) is 11.8 Å². The van der Waals surface area contributed by atoms with Gasteiger partial charge in [-0.15, -0.1) is 5.10 Å². The van der Waals surface area contributed by atoms with E-state index in [0.717, 1.165) is 0 Å². The number of rotatable bonds is 3. The van der Waals surface area contributed by atoms with Crippen molar-refractivity contribution in [2.75, 3.05) is 18.4 Å². The number of carbonyl (C=O) groups is 2. The van der Waals surface area contributed by atoms with Crippen LogP contribution in [0.2, 0.25) is 0 Å². The van der Waals surface area contributed by atoms with Crippen molar-refractivity contribution in [3.63, 3.8) is 0 Å². The molecular formula is C9H14N6O3. The highest BCUT2D eigenvalue weighted by Gasteiger charge is 2.28. The first-order valence-electron chi connectivity index (χ1n) is 5.56. The summed E-state index contributed by atoms with van der Waals surface area (Å²) in [6.07, 6.45) is 0.792. The van der Waals surface area contributed by atoms with Crippen molar-refractivity contribution in [3.8, 4) is 0 Å². The van der Waals surface area contributed by atoms with E-state index < -0.39 is 5.97 Å². The van der Waals surface area contributed by atoms with Gasteiger partial charge >= 0.3 is 12.0 Å². The number of hydrogen-bond donors (Lipinski definition) is 2. The number of hydrogen-bond acceptors (Lipinski definition) is 5. The summed E-state index contributed by atoms with van der Waals surface area (Å²) in [5.41, 5.74) is 0. The number of carboxylic acids is 1. The van der Waals surface area contributed by atoms with Crippen LogP contribution in [0.5, 0.6) is 0 Å². The lowest BCUT2D eigenvalue weighted by Crippen LogP contribution is -2.33. The van der Waals surface area contributed by atoms with Gasteiger partial charge in [-0.2, -0.15) is 4.80 Å². The monoisotopic (exact) mass is 254 g/mol. The van der Waals surface area contributed by atoms with Gasteiger partial charge in [0.2, 0.25) is 0 Å². The summed E-state index contributed by atoms with van der Waals surface area (Å²) in [6.45, 7) is 0.989. The molecule has 2 N–H and O–H groups in total. The fourth-order valence-electron chi connectivity index (χ4n) is 1.94.